The second-order valence-corrected chi connectivity index (χ2v) is 6.31. The summed E-state index contributed by atoms with van der Waals surface area (Å²) in [6.45, 7) is 0.880. The minimum absolute atomic E-state index is 0.000851. The number of alkyl halides is 2. The summed E-state index contributed by atoms with van der Waals surface area (Å²) in [5.74, 6) is 0.137. The Hall–Kier alpha value is -2.68. The normalized spacial score (nSPS) is 14.4. The van der Waals surface area contributed by atoms with E-state index in [-0.39, 0.29) is 18.4 Å². The second kappa shape index (κ2) is 8.81. The average molecular weight is 379 g/mol. The zero-order chi connectivity index (χ0) is 19.2. The lowest BCUT2D eigenvalue weighted by atomic mass is 10.2. The molecule has 1 saturated heterocycles. The molecule has 2 heterocycles. The summed E-state index contributed by atoms with van der Waals surface area (Å²) in [7, 11) is 1.54. The minimum Gasteiger partial charge on any atom is -0.378 e. The van der Waals surface area contributed by atoms with E-state index >= 15 is 0 Å². The molecular weight excluding hydrogens is 356 g/mol. The lowest BCUT2D eigenvalue weighted by Gasteiger charge is -2.29. The molecule has 27 heavy (non-hydrogen) atoms. The second-order valence-electron chi connectivity index (χ2n) is 6.31. The lowest BCUT2D eigenvalue weighted by Crippen LogP contribution is -2.37. The average Bonchev–Trinajstić information content (AvgIpc) is 3.15. The number of imidazole rings is 1. The number of urea groups is 1. The van der Waals surface area contributed by atoms with E-state index in [1.54, 1.807) is 7.05 Å². The number of ether oxygens (including phenoxy) is 1. The molecule has 0 spiro atoms. The van der Waals surface area contributed by atoms with E-state index in [2.05, 4.69) is 15.2 Å². The van der Waals surface area contributed by atoms with Crippen molar-refractivity contribution in [3.63, 3.8) is 0 Å². The van der Waals surface area contributed by atoms with Gasteiger partial charge in [-0.25, -0.2) is 9.78 Å². The van der Waals surface area contributed by atoms with Gasteiger partial charge in [0, 0.05) is 44.8 Å². The van der Waals surface area contributed by atoms with Gasteiger partial charge in [0.05, 0.1) is 19.8 Å². The molecule has 0 aliphatic carbocycles. The summed E-state index contributed by atoms with van der Waals surface area (Å²) in [5.41, 5.74) is 2.09. The van der Waals surface area contributed by atoms with Gasteiger partial charge in [-0.15, -0.1) is 0 Å². The third-order valence-electron chi connectivity index (χ3n) is 4.44. The first-order valence-corrected chi connectivity index (χ1v) is 8.75. The Bertz CT molecular complexity index is 744. The fraction of sp³-hybridized carbons (Fsp3) is 0.444. The van der Waals surface area contributed by atoms with E-state index in [1.807, 2.05) is 24.3 Å². The Morgan fingerprint density at radius 3 is 2.67 bits per heavy atom. The summed E-state index contributed by atoms with van der Waals surface area (Å²) in [6, 6.07) is 7.63. The molecule has 0 unspecified atom stereocenters. The van der Waals surface area contributed by atoms with Crippen LogP contribution >= 0.6 is 0 Å². The summed E-state index contributed by atoms with van der Waals surface area (Å²) >= 11 is 0. The van der Waals surface area contributed by atoms with Gasteiger partial charge in [-0.3, -0.25) is 4.57 Å². The van der Waals surface area contributed by atoms with Crippen LogP contribution in [0.25, 0.3) is 0 Å². The molecule has 0 atom stereocenters. The van der Waals surface area contributed by atoms with Crippen LogP contribution < -0.4 is 10.2 Å². The highest BCUT2D eigenvalue weighted by Crippen LogP contribution is 2.17. The van der Waals surface area contributed by atoms with Crippen LogP contribution in [0.2, 0.25) is 0 Å². The van der Waals surface area contributed by atoms with Crippen molar-refractivity contribution in [1.82, 2.24) is 19.8 Å². The van der Waals surface area contributed by atoms with Crippen molar-refractivity contribution in [2.45, 2.75) is 19.6 Å². The predicted molar refractivity (Wildman–Crippen MR) is 96.7 cm³/mol. The standard InChI is InChI=1S/C18H23F2N5O2/c1-23(13-16-21-6-7-25(16)17(19)20)18(26)22-12-14-2-4-15(5-3-14)24-8-10-27-11-9-24/h2-7,17H,8-13H2,1H3,(H,22,26). The first kappa shape index (κ1) is 19.1. The van der Waals surface area contributed by atoms with Gasteiger partial charge in [0.1, 0.15) is 5.82 Å². The molecule has 3 rings (SSSR count). The molecule has 2 amide bonds. The quantitative estimate of drug-likeness (QED) is 0.838. The van der Waals surface area contributed by atoms with E-state index in [9.17, 15) is 13.6 Å². The highest BCUT2D eigenvalue weighted by Gasteiger charge is 2.16. The van der Waals surface area contributed by atoms with Crippen molar-refractivity contribution < 1.29 is 18.3 Å². The number of aromatic nitrogens is 2. The first-order chi connectivity index (χ1) is 13.0. The summed E-state index contributed by atoms with van der Waals surface area (Å²) in [6.07, 6.45) is 2.49. The highest BCUT2D eigenvalue weighted by molar-refractivity contribution is 5.73. The fourth-order valence-corrected chi connectivity index (χ4v) is 2.89. The predicted octanol–water partition coefficient (Wildman–Crippen LogP) is 2.46. The molecule has 1 aliphatic heterocycles. The van der Waals surface area contributed by atoms with Crippen molar-refractivity contribution in [1.29, 1.82) is 0 Å². The van der Waals surface area contributed by atoms with Crippen LogP contribution in [-0.2, 0) is 17.8 Å². The molecule has 1 aromatic heterocycles. The van der Waals surface area contributed by atoms with Gasteiger partial charge >= 0.3 is 12.6 Å². The number of halogens is 2. The zero-order valence-corrected chi connectivity index (χ0v) is 15.1. The van der Waals surface area contributed by atoms with Crippen LogP contribution in [0.3, 0.4) is 0 Å². The molecule has 2 aromatic rings. The number of benzene rings is 1. The van der Waals surface area contributed by atoms with Gasteiger partial charge in [-0.1, -0.05) is 12.1 Å². The van der Waals surface area contributed by atoms with E-state index in [4.69, 9.17) is 4.74 Å². The molecule has 0 saturated carbocycles. The monoisotopic (exact) mass is 379 g/mol. The van der Waals surface area contributed by atoms with Crippen molar-refractivity contribution in [2.75, 3.05) is 38.3 Å². The minimum atomic E-state index is -2.68. The molecule has 7 nitrogen and oxygen atoms in total. The molecule has 0 radical (unpaired) electrons. The number of hydrogen-bond donors (Lipinski definition) is 1. The van der Waals surface area contributed by atoms with Gasteiger partial charge in [0.2, 0.25) is 0 Å². The molecular formula is C18H23F2N5O2. The Morgan fingerprint density at radius 1 is 1.30 bits per heavy atom. The van der Waals surface area contributed by atoms with Gasteiger partial charge < -0.3 is 19.9 Å². The van der Waals surface area contributed by atoms with Crippen LogP contribution in [-0.4, -0.2) is 53.8 Å². The third kappa shape index (κ3) is 4.94. The summed E-state index contributed by atoms with van der Waals surface area (Å²) in [5, 5.41) is 2.79. The van der Waals surface area contributed by atoms with Gasteiger partial charge in [-0.2, -0.15) is 8.78 Å². The first-order valence-electron chi connectivity index (χ1n) is 8.75. The smallest absolute Gasteiger partial charge is 0.319 e. The van der Waals surface area contributed by atoms with Crippen molar-refractivity contribution in [3.05, 3.63) is 48.0 Å². The van der Waals surface area contributed by atoms with Crippen LogP contribution in [0.15, 0.2) is 36.7 Å². The Balaban J connectivity index is 1.50. The Labute approximate surface area is 156 Å². The number of carbonyl (C=O) groups is 1. The van der Waals surface area contributed by atoms with E-state index in [0.29, 0.717) is 6.54 Å². The maximum atomic E-state index is 12.8. The molecule has 146 valence electrons. The Kier molecular flexibility index (Phi) is 6.23. The number of nitrogens with one attached hydrogen (secondary N) is 1. The number of amides is 2. The molecule has 1 aliphatic rings. The number of anilines is 1. The number of rotatable bonds is 6. The maximum absolute atomic E-state index is 12.8. The van der Waals surface area contributed by atoms with Crippen LogP contribution in [0, 0.1) is 0 Å². The number of nitrogens with zero attached hydrogens (tertiary/aromatic N) is 4. The lowest BCUT2D eigenvalue weighted by molar-refractivity contribution is 0.0651. The molecule has 1 aromatic carbocycles. The molecule has 1 fully saturated rings. The molecule has 1 N–H and O–H groups in total. The van der Waals surface area contributed by atoms with Gasteiger partial charge in [0.15, 0.2) is 0 Å². The van der Waals surface area contributed by atoms with Crippen molar-refractivity contribution in [2.24, 2.45) is 0 Å². The largest absolute Gasteiger partial charge is 0.378 e. The van der Waals surface area contributed by atoms with Crippen molar-refractivity contribution in [3.8, 4) is 0 Å². The third-order valence-corrected chi connectivity index (χ3v) is 4.44. The molecule has 0 bridgehead atoms. The van der Waals surface area contributed by atoms with Crippen LogP contribution in [0.4, 0.5) is 19.3 Å². The zero-order valence-electron chi connectivity index (χ0n) is 15.1. The van der Waals surface area contributed by atoms with Crippen LogP contribution in [0.5, 0.6) is 0 Å². The topological polar surface area (TPSA) is 62.6 Å². The van der Waals surface area contributed by atoms with E-state index < -0.39 is 6.55 Å². The summed E-state index contributed by atoms with van der Waals surface area (Å²) < 4.78 is 31.8. The van der Waals surface area contributed by atoms with Crippen molar-refractivity contribution >= 4 is 11.7 Å². The van der Waals surface area contributed by atoms with E-state index in [1.165, 1.54) is 17.3 Å². The Morgan fingerprint density at radius 2 is 2.00 bits per heavy atom. The SMILES string of the molecule is CN(Cc1nccn1C(F)F)C(=O)NCc1ccc(N2CCOCC2)cc1. The number of carbonyl (C=O) groups excluding carboxylic acids is 1. The summed E-state index contributed by atoms with van der Waals surface area (Å²) in [4.78, 5) is 19.7. The molecule has 9 heteroatoms. The number of morpholine rings is 1. The van der Waals surface area contributed by atoms with Gasteiger partial charge in [-0.05, 0) is 17.7 Å². The fourth-order valence-electron chi connectivity index (χ4n) is 2.89. The number of hydrogen-bond acceptors (Lipinski definition) is 4. The van der Waals surface area contributed by atoms with Gasteiger partial charge in [0.25, 0.3) is 0 Å². The highest BCUT2D eigenvalue weighted by atomic mass is 19.3. The van der Waals surface area contributed by atoms with E-state index in [0.717, 1.165) is 42.1 Å². The van der Waals surface area contributed by atoms with Crippen LogP contribution in [0.1, 0.15) is 17.9 Å². The maximum Gasteiger partial charge on any atom is 0.319 e.